The van der Waals surface area contributed by atoms with Crippen LogP contribution in [0.4, 0.5) is 0 Å². The van der Waals surface area contributed by atoms with E-state index >= 15 is 0 Å². The van der Waals surface area contributed by atoms with E-state index in [0.29, 0.717) is 6.04 Å². The number of methoxy groups -OCH3 is 1. The van der Waals surface area contributed by atoms with Crippen LogP contribution < -0.4 is 10.6 Å². The summed E-state index contributed by atoms with van der Waals surface area (Å²) in [6.07, 6.45) is 5.10. The molecular formula is C23H41N5OS. The molecule has 2 N–H and O–H groups in total. The van der Waals surface area contributed by atoms with Crippen molar-refractivity contribution in [2.45, 2.75) is 38.6 Å². The fourth-order valence-corrected chi connectivity index (χ4v) is 5.38. The number of nitrogens with one attached hydrogen (secondary N) is 2. The molecule has 1 atom stereocenters. The van der Waals surface area contributed by atoms with Crippen molar-refractivity contribution >= 4 is 17.3 Å². The van der Waals surface area contributed by atoms with Crippen molar-refractivity contribution in [1.82, 2.24) is 20.4 Å². The Hall–Kier alpha value is -1.15. The van der Waals surface area contributed by atoms with Crippen molar-refractivity contribution in [2.24, 2.45) is 16.8 Å². The van der Waals surface area contributed by atoms with Crippen LogP contribution in [-0.2, 0) is 4.74 Å². The molecule has 0 radical (unpaired) electrons. The lowest BCUT2D eigenvalue weighted by Gasteiger charge is -2.36. The minimum atomic E-state index is 0.431. The van der Waals surface area contributed by atoms with Crippen LogP contribution in [0.5, 0.6) is 0 Å². The maximum absolute atomic E-state index is 5.21. The highest BCUT2D eigenvalue weighted by atomic mass is 32.1. The summed E-state index contributed by atoms with van der Waals surface area (Å²) < 4.78 is 5.21. The summed E-state index contributed by atoms with van der Waals surface area (Å²) in [5.41, 5.74) is 0. The Balaban J connectivity index is 1.44. The van der Waals surface area contributed by atoms with E-state index in [9.17, 15) is 0 Å². The standard InChI is InChI=1S/C23H41N5OS/c1-19-6-12-28(13-7-19)21(22-5-4-16-30-22)18-26-23(24-2)25-17-20-8-10-27(11-9-20)14-15-29-3/h4-5,16,19-21H,6-15,17-18H2,1-3H3,(H2,24,25,26). The van der Waals surface area contributed by atoms with Crippen molar-refractivity contribution in [3.05, 3.63) is 22.4 Å². The number of hydrogen-bond acceptors (Lipinski definition) is 5. The second-order valence-corrected chi connectivity index (χ2v) is 9.84. The highest BCUT2D eigenvalue weighted by Crippen LogP contribution is 2.29. The first-order valence-corrected chi connectivity index (χ1v) is 12.5. The highest BCUT2D eigenvalue weighted by Gasteiger charge is 2.25. The summed E-state index contributed by atoms with van der Waals surface area (Å²) in [4.78, 5) is 11.1. The van der Waals surface area contributed by atoms with E-state index in [1.54, 1.807) is 7.11 Å². The molecule has 3 heterocycles. The molecule has 0 aromatic carbocycles. The third-order valence-electron chi connectivity index (χ3n) is 6.69. The number of rotatable bonds is 9. The van der Waals surface area contributed by atoms with Gasteiger partial charge in [-0.05, 0) is 75.1 Å². The van der Waals surface area contributed by atoms with Crippen molar-refractivity contribution in [3.8, 4) is 0 Å². The van der Waals surface area contributed by atoms with Gasteiger partial charge in [-0.3, -0.25) is 9.89 Å². The summed E-state index contributed by atoms with van der Waals surface area (Å²) in [5, 5.41) is 9.40. The molecule has 0 bridgehead atoms. The molecule has 0 saturated carbocycles. The molecule has 0 spiro atoms. The Labute approximate surface area is 187 Å². The molecule has 2 saturated heterocycles. The van der Waals surface area contributed by atoms with E-state index < -0.39 is 0 Å². The smallest absolute Gasteiger partial charge is 0.191 e. The molecule has 2 aliphatic rings. The van der Waals surface area contributed by atoms with E-state index in [1.165, 1.54) is 56.7 Å². The van der Waals surface area contributed by atoms with Crippen molar-refractivity contribution in [3.63, 3.8) is 0 Å². The minimum absolute atomic E-state index is 0.431. The van der Waals surface area contributed by atoms with Crippen molar-refractivity contribution in [1.29, 1.82) is 0 Å². The number of hydrogen-bond donors (Lipinski definition) is 2. The number of piperidine rings is 2. The van der Waals surface area contributed by atoms with Gasteiger partial charge in [0.15, 0.2) is 5.96 Å². The van der Waals surface area contributed by atoms with Crippen LogP contribution >= 0.6 is 11.3 Å². The van der Waals surface area contributed by atoms with Gasteiger partial charge in [-0.1, -0.05) is 13.0 Å². The molecule has 30 heavy (non-hydrogen) atoms. The lowest BCUT2D eigenvalue weighted by atomic mass is 9.97. The van der Waals surface area contributed by atoms with E-state index in [1.807, 2.05) is 18.4 Å². The Kier molecular flexibility index (Phi) is 9.91. The van der Waals surface area contributed by atoms with Crippen LogP contribution in [0.25, 0.3) is 0 Å². The van der Waals surface area contributed by atoms with Crippen LogP contribution in [0, 0.1) is 11.8 Å². The average molecular weight is 436 g/mol. The Morgan fingerprint density at radius 3 is 2.60 bits per heavy atom. The third kappa shape index (κ3) is 7.22. The van der Waals surface area contributed by atoms with Gasteiger partial charge in [-0.25, -0.2) is 0 Å². The Bertz CT molecular complexity index is 607. The zero-order valence-electron chi connectivity index (χ0n) is 19.1. The molecule has 2 aliphatic heterocycles. The van der Waals surface area contributed by atoms with E-state index in [0.717, 1.165) is 44.0 Å². The number of guanidine groups is 1. The number of nitrogens with zero attached hydrogens (tertiary/aromatic N) is 3. The highest BCUT2D eigenvalue weighted by molar-refractivity contribution is 7.10. The first kappa shape index (κ1) is 23.5. The van der Waals surface area contributed by atoms with Gasteiger partial charge in [0.1, 0.15) is 0 Å². The molecular weight excluding hydrogens is 394 g/mol. The number of thiophene rings is 1. The number of ether oxygens (including phenoxy) is 1. The molecule has 170 valence electrons. The fourth-order valence-electron chi connectivity index (χ4n) is 4.52. The second-order valence-electron chi connectivity index (χ2n) is 8.86. The lowest BCUT2D eigenvalue weighted by molar-refractivity contribution is 0.120. The molecule has 1 aromatic heterocycles. The fraction of sp³-hybridized carbons (Fsp3) is 0.783. The molecule has 3 rings (SSSR count). The van der Waals surface area contributed by atoms with Gasteiger partial charge in [-0.15, -0.1) is 11.3 Å². The average Bonchev–Trinajstić information content (AvgIpc) is 3.31. The zero-order chi connectivity index (χ0) is 21.2. The summed E-state index contributed by atoms with van der Waals surface area (Å²) in [5.74, 6) is 2.51. The molecule has 1 aromatic rings. The van der Waals surface area contributed by atoms with E-state index in [4.69, 9.17) is 4.74 Å². The molecule has 0 amide bonds. The largest absolute Gasteiger partial charge is 0.383 e. The topological polar surface area (TPSA) is 52.1 Å². The predicted molar refractivity (Wildman–Crippen MR) is 127 cm³/mol. The van der Waals surface area contributed by atoms with Crippen molar-refractivity contribution in [2.75, 3.05) is 66.6 Å². The Morgan fingerprint density at radius 1 is 1.20 bits per heavy atom. The van der Waals surface area contributed by atoms with Crippen LogP contribution in [0.1, 0.15) is 43.5 Å². The molecule has 0 aliphatic carbocycles. The zero-order valence-corrected chi connectivity index (χ0v) is 19.9. The monoisotopic (exact) mass is 435 g/mol. The lowest BCUT2D eigenvalue weighted by Crippen LogP contribution is -2.46. The summed E-state index contributed by atoms with van der Waals surface area (Å²) in [7, 11) is 3.66. The molecule has 6 nitrogen and oxygen atoms in total. The van der Waals surface area contributed by atoms with Crippen LogP contribution in [0.3, 0.4) is 0 Å². The number of likely N-dealkylation sites (tertiary alicyclic amines) is 2. The van der Waals surface area contributed by atoms with Gasteiger partial charge in [0, 0.05) is 38.7 Å². The quantitative estimate of drug-likeness (QED) is 0.461. The van der Waals surface area contributed by atoms with Gasteiger partial charge in [0.05, 0.1) is 12.6 Å². The minimum Gasteiger partial charge on any atom is -0.383 e. The number of aliphatic imine (C=N–C) groups is 1. The normalized spacial score (nSPS) is 21.6. The summed E-state index contributed by atoms with van der Waals surface area (Å²) in [6.45, 7) is 10.9. The van der Waals surface area contributed by atoms with Crippen LogP contribution in [-0.4, -0.2) is 82.3 Å². The molecule has 2 fully saturated rings. The van der Waals surface area contributed by atoms with E-state index in [-0.39, 0.29) is 0 Å². The van der Waals surface area contributed by atoms with Gasteiger partial charge in [0.2, 0.25) is 0 Å². The van der Waals surface area contributed by atoms with Gasteiger partial charge >= 0.3 is 0 Å². The maximum Gasteiger partial charge on any atom is 0.191 e. The second kappa shape index (κ2) is 12.6. The molecule has 1 unspecified atom stereocenters. The van der Waals surface area contributed by atoms with E-state index in [2.05, 4.69) is 49.9 Å². The predicted octanol–water partition coefficient (Wildman–Crippen LogP) is 3.04. The molecule has 7 heteroatoms. The van der Waals surface area contributed by atoms with Gasteiger partial charge < -0.3 is 20.3 Å². The summed E-state index contributed by atoms with van der Waals surface area (Å²) >= 11 is 1.87. The van der Waals surface area contributed by atoms with Crippen molar-refractivity contribution < 1.29 is 4.74 Å². The van der Waals surface area contributed by atoms with Gasteiger partial charge in [-0.2, -0.15) is 0 Å². The SMILES string of the molecule is CN=C(NCC1CCN(CCOC)CC1)NCC(c1cccs1)N1CCC(C)CC1. The van der Waals surface area contributed by atoms with Crippen LogP contribution in [0.2, 0.25) is 0 Å². The summed E-state index contributed by atoms with van der Waals surface area (Å²) in [6, 6.07) is 4.88. The third-order valence-corrected chi connectivity index (χ3v) is 7.67. The Morgan fingerprint density at radius 2 is 1.97 bits per heavy atom. The maximum atomic E-state index is 5.21. The first-order chi connectivity index (χ1) is 14.7. The van der Waals surface area contributed by atoms with Crippen LogP contribution in [0.15, 0.2) is 22.5 Å². The van der Waals surface area contributed by atoms with Gasteiger partial charge in [0.25, 0.3) is 0 Å². The first-order valence-electron chi connectivity index (χ1n) is 11.6.